The van der Waals surface area contributed by atoms with E-state index in [4.69, 9.17) is 33.7 Å². The largest absolute Gasteiger partial charge is 0.467 e. The molecule has 0 spiro atoms. The summed E-state index contributed by atoms with van der Waals surface area (Å²) >= 11 is 12.0. The first-order chi connectivity index (χ1) is 8.02. The molecule has 2 rings (SSSR count). The molecule has 1 heterocycles. The van der Waals surface area contributed by atoms with E-state index in [2.05, 4.69) is 5.32 Å². The van der Waals surface area contributed by atoms with Crippen molar-refractivity contribution in [2.24, 2.45) is 5.73 Å². The highest BCUT2D eigenvalue weighted by molar-refractivity contribution is 6.35. The number of carbonyl (C=O) groups is 1. The van der Waals surface area contributed by atoms with Gasteiger partial charge in [-0.05, 0) is 18.6 Å². The molecule has 0 aliphatic carbocycles. The van der Waals surface area contributed by atoms with Gasteiger partial charge in [-0.3, -0.25) is 0 Å². The van der Waals surface area contributed by atoms with Gasteiger partial charge < -0.3 is 15.8 Å². The Balaban J connectivity index is 2.39. The Labute approximate surface area is 109 Å². The summed E-state index contributed by atoms with van der Waals surface area (Å²) in [5, 5.41) is 4.05. The lowest BCUT2D eigenvalue weighted by Gasteiger charge is -2.30. The summed E-state index contributed by atoms with van der Waals surface area (Å²) in [5.74, 6) is -0.345. The van der Waals surface area contributed by atoms with Crippen LogP contribution in [0, 0.1) is 0 Å². The van der Waals surface area contributed by atoms with E-state index in [1.807, 2.05) is 0 Å². The maximum Gasteiger partial charge on any atom is 0.328 e. The summed E-state index contributed by atoms with van der Waals surface area (Å²) in [6, 6.07) is 2.58. The summed E-state index contributed by atoms with van der Waals surface area (Å²) in [4.78, 5) is 11.5. The number of halogens is 2. The van der Waals surface area contributed by atoms with E-state index in [9.17, 15) is 4.79 Å². The van der Waals surface area contributed by atoms with Crippen molar-refractivity contribution in [3.8, 4) is 0 Å². The van der Waals surface area contributed by atoms with E-state index in [-0.39, 0.29) is 12.0 Å². The maximum absolute atomic E-state index is 11.5. The minimum atomic E-state index is -0.461. The van der Waals surface area contributed by atoms with Gasteiger partial charge in [-0.1, -0.05) is 23.2 Å². The Morgan fingerprint density at radius 1 is 1.53 bits per heavy atom. The number of fused-ring (bicyclic) bond motifs is 1. The van der Waals surface area contributed by atoms with Crippen molar-refractivity contribution in [2.75, 3.05) is 12.4 Å². The first-order valence-electron chi connectivity index (χ1n) is 5.12. The lowest BCUT2D eigenvalue weighted by Crippen LogP contribution is -2.38. The molecular weight excluding hydrogens is 263 g/mol. The average molecular weight is 275 g/mol. The van der Waals surface area contributed by atoms with Crippen molar-refractivity contribution in [3.05, 3.63) is 27.7 Å². The first-order valence-corrected chi connectivity index (χ1v) is 5.87. The molecule has 2 unspecified atom stereocenters. The van der Waals surface area contributed by atoms with Gasteiger partial charge in [0, 0.05) is 27.3 Å². The Bertz CT molecular complexity index is 465. The van der Waals surface area contributed by atoms with E-state index >= 15 is 0 Å². The SMILES string of the molecule is COC(=O)C1CC(N)c2c(Cl)cc(Cl)cc2N1. The topological polar surface area (TPSA) is 64.3 Å². The molecule has 2 atom stereocenters. The molecule has 1 aliphatic rings. The number of rotatable bonds is 1. The second kappa shape index (κ2) is 4.72. The molecule has 0 aromatic heterocycles. The van der Waals surface area contributed by atoms with Gasteiger partial charge in [0.25, 0.3) is 0 Å². The zero-order chi connectivity index (χ0) is 12.6. The quantitative estimate of drug-likeness (QED) is 0.772. The molecule has 1 aromatic carbocycles. The van der Waals surface area contributed by atoms with Crippen molar-refractivity contribution in [1.29, 1.82) is 0 Å². The van der Waals surface area contributed by atoms with Gasteiger partial charge in [-0.15, -0.1) is 0 Å². The van der Waals surface area contributed by atoms with E-state index in [0.29, 0.717) is 22.2 Å². The third-order valence-corrected chi connectivity index (χ3v) is 3.30. The number of nitrogens with two attached hydrogens (primary N) is 1. The molecule has 0 saturated heterocycles. The number of nitrogens with one attached hydrogen (secondary N) is 1. The van der Waals surface area contributed by atoms with Crippen LogP contribution in [0.15, 0.2) is 12.1 Å². The fourth-order valence-electron chi connectivity index (χ4n) is 2.00. The third-order valence-electron chi connectivity index (χ3n) is 2.77. The van der Waals surface area contributed by atoms with Gasteiger partial charge in [0.05, 0.1) is 7.11 Å². The van der Waals surface area contributed by atoms with E-state index in [1.54, 1.807) is 12.1 Å². The van der Waals surface area contributed by atoms with Gasteiger partial charge >= 0.3 is 5.97 Å². The number of benzene rings is 1. The van der Waals surface area contributed by atoms with Crippen molar-refractivity contribution >= 4 is 34.9 Å². The normalized spacial score (nSPS) is 22.6. The number of esters is 1. The van der Waals surface area contributed by atoms with Crippen LogP contribution in [0.4, 0.5) is 5.69 Å². The Morgan fingerprint density at radius 2 is 2.24 bits per heavy atom. The lowest BCUT2D eigenvalue weighted by molar-refractivity contribution is -0.141. The Morgan fingerprint density at radius 3 is 2.88 bits per heavy atom. The van der Waals surface area contributed by atoms with Crippen LogP contribution >= 0.6 is 23.2 Å². The fourth-order valence-corrected chi connectivity index (χ4v) is 2.63. The van der Waals surface area contributed by atoms with E-state index < -0.39 is 6.04 Å². The predicted molar refractivity (Wildman–Crippen MR) is 67.4 cm³/mol. The third kappa shape index (κ3) is 2.34. The second-order valence-electron chi connectivity index (χ2n) is 3.91. The minimum Gasteiger partial charge on any atom is -0.467 e. The molecule has 92 valence electrons. The summed E-state index contributed by atoms with van der Waals surface area (Å²) in [6.45, 7) is 0. The molecule has 0 radical (unpaired) electrons. The van der Waals surface area contributed by atoms with Crippen LogP contribution in [-0.4, -0.2) is 19.1 Å². The van der Waals surface area contributed by atoms with Crippen molar-refractivity contribution in [1.82, 2.24) is 0 Å². The second-order valence-corrected chi connectivity index (χ2v) is 4.75. The van der Waals surface area contributed by atoms with Gasteiger partial charge in [-0.2, -0.15) is 0 Å². The highest BCUT2D eigenvalue weighted by Crippen LogP contribution is 2.38. The van der Waals surface area contributed by atoms with Crippen LogP contribution in [0.2, 0.25) is 10.0 Å². The standard InChI is InChI=1S/C11H12Cl2N2O2/c1-17-11(16)9-4-7(14)10-6(13)2-5(12)3-8(10)15-9/h2-3,7,9,15H,4,14H2,1H3. The summed E-state index contributed by atoms with van der Waals surface area (Å²) in [5.41, 5.74) is 7.48. The van der Waals surface area contributed by atoms with Crippen LogP contribution in [0.5, 0.6) is 0 Å². The predicted octanol–water partition coefficient (Wildman–Crippen LogP) is 2.35. The molecule has 1 aliphatic heterocycles. The van der Waals surface area contributed by atoms with E-state index in [1.165, 1.54) is 7.11 Å². The number of methoxy groups -OCH3 is 1. The van der Waals surface area contributed by atoms with Crippen LogP contribution in [0.25, 0.3) is 0 Å². The minimum absolute atomic E-state index is 0.305. The van der Waals surface area contributed by atoms with Gasteiger partial charge in [0.2, 0.25) is 0 Å². The number of hydrogen-bond donors (Lipinski definition) is 2. The smallest absolute Gasteiger partial charge is 0.328 e. The monoisotopic (exact) mass is 274 g/mol. The average Bonchev–Trinajstić information content (AvgIpc) is 2.26. The molecule has 0 saturated carbocycles. The molecule has 1 aromatic rings. The summed E-state index contributed by atoms with van der Waals surface area (Å²) < 4.78 is 4.69. The zero-order valence-electron chi connectivity index (χ0n) is 9.17. The van der Waals surface area contributed by atoms with Crippen LogP contribution < -0.4 is 11.1 Å². The lowest BCUT2D eigenvalue weighted by atomic mass is 9.93. The fraction of sp³-hybridized carbons (Fsp3) is 0.364. The Hall–Kier alpha value is -0.970. The maximum atomic E-state index is 11.5. The van der Waals surface area contributed by atoms with Gasteiger partial charge in [0.15, 0.2) is 0 Å². The van der Waals surface area contributed by atoms with Crippen LogP contribution in [0.3, 0.4) is 0 Å². The van der Waals surface area contributed by atoms with Crippen molar-refractivity contribution in [2.45, 2.75) is 18.5 Å². The van der Waals surface area contributed by atoms with Crippen LogP contribution in [-0.2, 0) is 9.53 Å². The number of hydrogen-bond acceptors (Lipinski definition) is 4. The van der Waals surface area contributed by atoms with Gasteiger partial charge in [-0.25, -0.2) is 4.79 Å². The summed E-state index contributed by atoms with van der Waals surface area (Å²) in [7, 11) is 1.34. The first kappa shape index (κ1) is 12.5. The molecule has 0 amide bonds. The number of anilines is 1. The number of carbonyl (C=O) groups excluding carboxylic acids is 1. The van der Waals surface area contributed by atoms with Gasteiger partial charge in [0.1, 0.15) is 6.04 Å². The van der Waals surface area contributed by atoms with Crippen molar-refractivity contribution in [3.63, 3.8) is 0 Å². The van der Waals surface area contributed by atoms with Crippen LogP contribution in [0.1, 0.15) is 18.0 Å². The molecule has 0 bridgehead atoms. The summed E-state index contributed by atoms with van der Waals surface area (Å²) in [6.07, 6.45) is 0.445. The molecule has 3 N–H and O–H groups in total. The highest BCUT2D eigenvalue weighted by Gasteiger charge is 2.31. The molecule has 0 fully saturated rings. The molecular formula is C11H12Cl2N2O2. The molecule has 17 heavy (non-hydrogen) atoms. The van der Waals surface area contributed by atoms with Crippen molar-refractivity contribution < 1.29 is 9.53 Å². The van der Waals surface area contributed by atoms with E-state index in [0.717, 1.165) is 5.56 Å². The molecule has 4 nitrogen and oxygen atoms in total. The zero-order valence-corrected chi connectivity index (χ0v) is 10.7. The molecule has 6 heteroatoms. The Kier molecular flexibility index (Phi) is 3.47. The highest BCUT2D eigenvalue weighted by atomic mass is 35.5. The number of ether oxygens (including phenoxy) is 1.